The number of hydrogen-bond donors (Lipinski definition) is 0. The van der Waals surface area contributed by atoms with Crippen LogP contribution in [0.1, 0.15) is 0 Å². The molecule has 3 nitrogen and oxygen atoms in total. The van der Waals surface area contributed by atoms with Crippen molar-refractivity contribution in [3.05, 3.63) is 206 Å². The number of furan rings is 1. The van der Waals surface area contributed by atoms with E-state index in [0.717, 1.165) is 55.7 Å². The highest BCUT2D eigenvalue weighted by Gasteiger charge is 2.27. The topological polar surface area (TPSA) is 21.3 Å². The van der Waals surface area contributed by atoms with Crippen LogP contribution >= 0.6 is 0 Å². The minimum atomic E-state index is 0.857. The summed E-state index contributed by atoms with van der Waals surface area (Å²) in [6, 6.07) is 73.9. The van der Waals surface area contributed by atoms with Crippen molar-refractivity contribution >= 4 is 71.6 Å². The average Bonchev–Trinajstić information content (AvgIpc) is 3.81. The van der Waals surface area contributed by atoms with Crippen LogP contribution in [0.2, 0.25) is 0 Å². The highest BCUT2D eigenvalue weighted by molar-refractivity contribution is 6.30. The summed E-state index contributed by atoms with van der Waals surface area (Å²) in [5, 5.41) is 6.94. The van der Waals surface area contributed by atoms with E-state index in [9.17, 15) is 0 Å². The summed E-state index contributed by atoms with van der Waals surface area (Å²) in [6.45, 7) is 0. The Hall–Kier alpha value is -7.36. The molecule has 0 aliphatic heterocycles. The minimum absolute atomic E-state index is 0.857. The summed E-state index contributed by atoms with van der Waals surface area (Å²) >= 11 is 0. The van der Waals surface area contributed by atoms with Crippen molar-refractivity contribution in [3.63, 3.8) is 0 Å². The van der Waals surface area contributed by atoms with Gasteiger partial charge in [-0.3, -0.25) is 0 Å². The zero-order valence-electron chi connectivity index (χ0n) is 29.9. The van der Waals surface area contributed by atoms with Gasteiger partial charge in [-0.25, -0.2) is 0 Å². The van der Waals surface area contributed by atoms with E-state index in [2.05, 4.69) is 216 Å². The summed E-state index contributed by atoms with van der Waals surface area (Å²) in [5.41, 5.74) is 13.0. The first kappa shape index (κ1) is 31.2. The number of nitrogens with zero attached hydrogens (tertiary/aromatic N) is 2. The summed E-state index contributed by atoms with van der Waals surface area (Å²) in [6.07, 6.45) is 0. The van der Waals surface area contributed by atoms with Gasteiger partial charge in [0.25, 0.3) is 0 Å². The van der Waals surface area contributed by atoms with Crippen LogP contribution in [-0.4, -0.2) is 4.57 Å². The molecule has 2 aromatic heterocycles. The Kier molecular flexibility index (Phi) is 7.17. The molecular weight excluding hydrogens is 669 g/mol. The Bertz CT molecular complexity index is 3190. The fraction of sp³-hybridized carbons (Fsp3) is 0. The van der Waals surface area contributed by atoms with Crippen LogP contribution in [0.15, 0.2) is 211 Å². The minimum Gasteiger partial charge on any atom is -0.456 e. The van der Waals surface area contributed by atoms with Crippen LogP contribution in [-0.2, 0) is 0 Å². The zero-order valence-corrected chi connectivity index (χ0v) is 29.9. The predicted octanol–water partition coefficient (Wildman–Crippen LogP) is 14.6. The molecule has 0 saturated carbocycles. The van der Waals surface area contributed by atoms with E-state index >= 15 is 0 Å². The van der Waals surface area contributed by atoms with Crippen LogP contribution in [0.25, 0.3) is 82.5 Å². The Labute approximate surface area is 318 Å². The maximum absolute atomic E-state index is 6.79. The summed E-state index contributed by atoms with van der Waals surface area (Å²) < 4.78 is 9.25. The molecule has 0 unspecified atom stereocenters. The highest BCUT2D eigenvalue weighted by atomic mass is 16.3. The van der Waals surface area contributed by atoms with E-state index in [1.165, 1.54) is 43.8 Å². The van der Waals surface area contributed by atoms with Gasteiger partial charge in [-0.15, -0.1) is 0 Å². The highest BCUT2D eigenvalue weighted by Crippen LogP contribution is 2.50. The molecule has 0 saturated heterocycles. The van der Waals surface area contributed by atoms with Crippen molar-refractivity contribution in [2.45, 2.75) is 0 Å². The maximum atomic E-state index is 6.79. The molecule has 0 fully saturated rings. The molecule has 0 N–H and O–H groups in total. The number of aromatic nitrogens is 1. The van der Waals surface area contributed by atoms with Gasteiger partial charge in [0, 0.05) is 44.4 Å². The Balaban J connectivity index is 1.29. The number of hydrogen-bond acceptors (Lipinski definition) is 2. The van der Waals surface area contributed by atoms with Crippen molar-refractivity contribution < 1.29 is 4.42 Å². The van der Waals surface area contributed by atoms with Gasteiger partial charge in [-0.1, -0.05) is 158 Å². The summed E-state index contributed by atoms with van der Waals surface area (Å²) in [4.78, 5) is 2.43. The number of benzene rings is 9. The third-order valence-corrected chi connectivity index (χ3v) is 11.0. The predicted molar refractivity (Wildman–Crippen MR) is 231 cm³/mol. The average molecular weight is 703 g/mol. The van der Waals surface area contributed by atoms with Gasteiger partial charge in [0.2, 0.25) is 0 Å². The second-order valence-electron chi connectivity index (χ2n) is 14.1. The molecule has 2 heterocycles. The molecule has 11 aromatic rings. The maximum Gasteiger partial charge on any atom is 0.138 e. The molecule has 0 amide bonds. The molecule has 3 heteroatoms. The van der Waals surface area contributed by atoms with Crippen molar-refractivity contribution in [2.24, 2.45) is 0 Å². The molecule has 0 atom stereocenters. The summed E-state index contributed by atoms with van der Waals surface area (Å²) in [5.74, 6) is 0. The molecule has 0 bridgehead atoms. The quantitative estimate of drug-likeness (QED) is 0.172. The fourth-order valence-corrected chi connectivity index (χ4v) is 8.49. The molecule has 11 rings (SSSR count). The van der Waals surface area contributed by atoms with Crippen molar-refractivity contribution in [3.8, 4) is 27.9 Å². The Morgan fingerprint density at radius 3 is 1.78 bits per heavy atom. The monoisotopic (exact) mass is 702 g/mol. The van der Waals surface area contributed by atoms with Crippen LogP contribution in [0, 0.1) is 0 Å². The van der Waals surface area contributed by atoms with E-state index < -0.39 is 0 Å². The van der Waals surface area contributed by atoms with Crippen LogP contribution in [0.3, 0.4) is 0 Å². The normalized spacial score (nSPS) is 11.6. The zero-order chi connectivity index (χ0) is 36.3. The lowest BCUT2D eigenvalue weighted by molar-refractivity contribution is 0.669. The largest absolute Gasteiger partial charge is 0.456 e. The van der Waals surface area contributed by atoms with E-state index in [0.29, 0.717) is 0 Å². The van der Waals surface area contributed by atoms with Gasteiger partial charge in [0.1, 0.15) is 11.2 Å². The lowest BCUT2D eigenvalue weighted by Gasteiger charge is -2.28. The third-order valence-electron chi connectivity index (χ3n) is 11.0. The van der Waals surface area contributed by atoms with Crippen LogP contribution < -0.4 is 4.90 Å². The molecule has 0 spiro atoms. The Morgan fingerprint density at radius 2 is 0.982 bits per heavy atom. The fourth-order valence-electron chi connectivity index (χ4n) is 8.49. The molecule has 55 heavy (non-hydrogen) atoms. The smallest absolute Gasteiger partial charge is 0.138 e. The van der Waals surface area contributed by atoms with Crippen LogP contribution in [0.4, 0.5) is 17.1 Å². The first-order chi connectivity index (χ1) is 27.3. The number of para-hydroxylation sites is 2. The van der Waals surface area contributed by atoms with E-state index in [1.807, 2.05) is 0 Å². The van der Waals surface area contributed by atoms with Crippen LogP contribution in [0.5, 0.6) is 0 Å². The second-order valence-corrected chi connectivity index (χ2v) is 14.1. The van der Waals surface area contributed by atoms with Gasteiger partial charge in [0.05, 0.1) is 22.4 Å². The molecule has 0 aliphatic rings. The molecule has 9 aromatic carbocycles. The summed E-state index contributed by atoms with van der Waals surface area (Å²) in [7, 11) is 0. The molecular formula is C52H34N2O. The lowest BCUT2D eigenvalue weighted by atomic mass is 10.0. The Morgan fingerprint density at radius 1 is 0.382 bits per heavy atom. The second kappa shape index (κ2) is 12.6. The van der Waals surface area contributed by atoms with Crippen molar-refractivity contribution in [2.75, 3.05) is 4.90 Å². The standard InChI is InChI=1S/C52H34N2O/c1-3-15-35(16-4-1)37-29-31-40(32-30-37)53(45-27-14-20-38-19-7-8-23-42(38)45)47-34-49-50(44-25-10-12-28-48(44)55-49)51-43-24-9-11-26-46(43)54(52(47)51)41-22-13-21-39(33-41)36-17-5-2-6-18-36/h1-34H. The van der Waals surface area contributed by atoms with Gasteiger partial charge in [0.15, 0.2) is 0 Å². The molecule has 258 valence electrons. The first-order valence-corrected chi connectivity index (χ1v) is 18.8. The van der Waals surface area contributed by atoms with Crippen molar-refractivity contribution in [1.29, 1.82) is 0 Å². The first-order valence-electron chi connectivity index (χ1n) is 18.8. The van der Waals surface area contributed by atoms with E-state index in [1.54, 1.807) is 0 Å². The van der Waals surface area contributed by atoms with E-state index in [-0.39, 0.29) is 0 Å². The van der Waals surface area contributed by atoms with Gasteiger partial charge >= 0.3 is 0 Å². The third kappa shape index (κ3) is 5.05. The molecule has 0 radical (unpaired) electrons. The SMILES string of the molecule is c1ccc(-c2ccc(N(c3cccc4ccccc34)c3cc4oc5ccccc5c4c4c5ccccc5n(-c5cccc(-c6ccccc6)c5)c34)cc2)cc1. The molecule has 0 aliphatic carbocycles. The number of anilines is 3. The van der Waals surface area contributed by atoms with Crippen molar-refractivity contribution in [1.82, 2.24) is 4.57 Å². The van der Waals surface area contributed by atoms with E-state index in [4.69, 9.17) is 4.42 Å². The van der Waals surface area contributed by atoms with Gasteiger partial charge in [-0.2, -0.15) is 0 Å². The van der Waals surface area contributed by atoms with Gasteiger partial charge < -0.3 is 13.9 Å². The number of fused-ring (bicyclic) bond motifs is 8. The van der Waals surface area contributed by atoms with Gasteiger partial charge in [-0.05, 0) is 70.1 Å². The number of rotatable bonds is 6. The lowest BCUT2D eigenvalue weighted by Crippen LogP contribution is -2.12.